The first-order valence-corrected chi connectivity index (χ1v) is 8.82. The van der Waals surface area contributed by atoms with Crippen molar-refractivity contribution in [3.63, 3.8) is 0 Å². The van der Waals surface area contributed by atoms with Crippen LogP contribution in [0.1, 0.15) is 35.2 Å². The number of anilines is 1. The first-order valence-electron chi connectivity index (χ1n) is 7.94. The highest BCUT2D eigenvalue weighted by atomic mass is 32.1. The summed E-state index contributed by atoms with van der Waals surface area (Å²) in [6.07, 6.45) is 0.710. The second-order valence-corrected chi connectivity index (χ2v) is 6.55. The zero-order valence-corrected chi connectivity index (χ0v) is 14.9. The monoisotopic (exact) mass is 354 g/mol. The highest BCUT2D eigenvalue weighted by Crippen LogP contribution is 2.24. The lowest BCUT2D eigenvalue weighted by atomic mass is 10.1. The Bertz CT molecular complexity index is 897. The van der Waals surface area contributed by atoms with Crippen LogP contribution < -0.4 is 5.32 Å². The minimum atomic E-state index is -0.132. The molecule has 0 radical (unpaired) electrons. The molecule has 1 N–H and O–H groups in total. The lowest BCUT2D eigenvalue weighted by Gasteiger charge is -2.00. The fourth-order valence-electron chi connectivity index (χ4n) is 2.51. The van der Waals surface area contributed by atoms with Crippen LogP contribution in [0.5, 0.6) is 0 Å². The smallest absolute Gasteiger partial charge is 0.226 e. The first-order chi connectivity index (χ1) is 12.0. The molecule has 25 heavy (non-hydrogen) atoms. The topological polar surface area (TPSA) is 72.2 Å². The van der Waals surface area contributed by atoms with E-state index in [4.69, 9.17) is 4.42 Å². The van der Waals surface area contributed by atoms with Crippen molar-refractivity contribution >= 4 is 28.2 Å². The van der Waals surface area contributed by atoms with Crippen molar-refractivity contribution in [1.29, 1.82) is 0 Å². The Labute approximate surface area is 149 Å². The molecule has 0 spiro atoms. The molecule has 128 valence electrons. The Morgan fingerprint density at radius 3 is 2.68 bits per heavy atom. The summed E-state index contributed by atoms with van der Waals surface area (Å²) in [4.78, 5) is 28.0. The number of ketones is 1. The number of hydrogen-bond donors (Lipinski definition) is 1. The average molecular weight is 354 g/mol. The number of carbonyl (C=O) groups is 2. The normalized spacial score (nSPS) is 10.6. The molecule has 0 saturated carbocycles. The van der Waals surface area contributed by atoms with Crippen LogP contribution in [0.25, 0.3) is 11.3 Å². The maximum atomic E-state index is 12.1. The molecular weight excluding hydrogens is 336 g/mol. The molecule has 1 amide bonds. The number of thiazole rings is 1. The Morgan fingerprint density at radius 1 is 1.24 bits per heavy atom. The zero-order valence-electron chi connectivity index (χ0n) is 14.0. The van der Waals surface area contributed by atoms with Gasteiger partial charge in [0.05, 0.1) is 11.3 Å². The lowest BCUT2D eigenvalue weighted by Crippen LogP contribution is -2.11. The minimum absolute atomic E-state index is 0.0341. The number of hydrogen-bond acceptors (Lipinski definition) is 5. The molecule has 0 aliphatic rings. The van der Waals surface area contributed by atoms with Gasteiger partial charge in [0.15, 0.2) is 10.9 Å². The van der Waals surface area contributed by atoms with Crippen molar-refractivity contribution in [2.75, 3.05) is 5.32 Å². The van der Waals surface area contributed by atoms with Crippen LogP contribution in [0.3, 0.4) is 0 Å². The molecule has 0 fully saturated rings. The first kappa shape index (κ1) is 17.1. The Morgan fingerprint density at radius 2 is 2.00 bits per heavy atom. The van der Waals surface area contributed by atoms with Gasteiger partial charge in [0.1, 0.15) is 11.5 Å². The number of benzene rings is 1. The fourth-order valence-corrected chi connectivity index (χ4v) is 3.24. The Hall–Kier alpha value is -2.73. The highest BCUT2D eigenvalue weighted by molar-refractivity contribution is 7.14. The molecule has 3 aromatic rings. The van der Waals surface area contributed by atoms with Crippen LogP contribution >= 0.6 is 11.3 Å². The van der Waals surface area contributed by atoms with E-state index in [1.165, 1.54) is 18.3 Å². The van der Waals surface area contributed by atoms with Crippen LogP contribution in [-0.2, 0) is 11.2 Å². The van der Waals surface area contributed by atoms with E-state index in [0.717, 1.165) is 11.3 Å². The molecule has 0 aliphatic heterocycles. The molecule has 0 bridgehead atoms. The fraction of sp³-hybridized carbons (Fsp3) is 0.211. The predicted molar refractivity (Wildman–Crippen MR) is 98.0 cm³/mol. The standard InChI is InChI=1S/C19H18N2O3S/c1-12(22)16-10-15(24-13(16)2)8-9-18(23)21-19-20-17(11-25-19)14-6-4-3-5-7-14/h3-7,10-11H,8-9H2,1-2H3,(H,20,21,23). The van der Waals surface area contributed by atoms with Gasteiger partial charge >= 0.3 is 0 Å². The third kappa shape index (κ3) is 4.22. The molecular formula is C19H18N2O3S. The number of rotatable bonds is 6. The van der Waals surface area contributed by atoms with E-state index in [1.807, 2.05) is 35.7 Å². The largest absolute Gasteiger partial charge is 0.466 e. The van der Waals surface area contributed by atoms with Gasteiger partial charge in [-0.15, -0.1) is 11.3 Å². The number of nitrogens with one attached hydrogen (secondary N) is 1. The van der Waals surface area contributed by atoms with Gasteiger partial charge in [-0.05, 0) is 19.9 Å². The van der Waals surface area contributed by atoms with E-state index in [2.05, 4.69) is 10.3 Å². The van der Waals surface area contributed by atoms with Gasteiger partial charge in [-0.2, -0.15) is 0 Å². The molecule has 0 aliphatic carbocycles. The summed E-state index contributed by atoms with van der Waals surface area (Å²) in [5.41, 5.74) is 2.43. The molecule has 3 rings (SSSR count). The maximum Gasteiger partial charge on any atom is 0.226 e. The molecule has 0 saturated heterocycles. The van der Waals surface area contributed by atoms with E-state index in [1.54, 1.807) is 13.0 Å². The van der Waals surface area contributed by atoms with Crippen molar-refractivity contribution in [2.45, 2.75) is 26.7 Å². The molecule has 2 heterocycles. The van der Waals surface area contributed by atoms with Crippen molar-refractivity contribution < 1.29 is 14.0 Å². The molecule has 6 heteroatoms. The van der Waals surface area contributed by atoms with Crippen LogP contribution in [0.2, 0.25) is 0 Å². The van der Waals surface area contributed by atoms with Gasteiger partial charge in [0, 0.05) is 23.8 Å². The highest BCUT2D eigenvalue weighted by Gasteiger charge is 2.13. The second kappa shape index (κ2) is 7.44. The summed E-state index contributed by atoms with van der Waals surface area (Å²) in [5.74, 6) is 1.07. The van der Waals surface area contributed by atoms with Gasteiger partial charge in [-0.1, -0.05) is 30.3 Å². The van der Waals surface area contributed by atoms with Gasteiger partial charge in [-0.3, -0.25) is 9.59 Å². The quantitative estimate of drug-likeness (QED) is 0.662. The molecule has 2 aromatic heterocycles. The Balaban J connectivity index is 1.57. The average Bonchev–Trinajstić information content (AvgIpc) is 3.20. The van der Waals surface area contributed by atoms with Gasteiger partial charge in [0.25, 0.3) is 0 Å². The summed E-state index contributed by atoms with van der Waals surface area (Å²) >= 11 is 1.39. The van der Waals surface area contributed by atoms with Crippen molar-refractivity contribution in [3.8, 4) is 11.3 Å². The van der Waals surface area contributed by atoms with Gasteiger partial charge < -0.3 is 9.73 Å². The molecule has 1 aromatic carbocycles. The maximum absolute atomic E-state index is 12.1. The number of Topliss-reactive ketones (excluding diaryl/α,β-unsaturated/α-hetero) is 1. The minimum Gasteiger partial charge on any atom is -0.466 e. The van der Waals surface area contributed by atoms with Crippen LogP contribution in [0.15, 0.2) is 46.2 Å². The van der Waals surface area contributed by atoms with Crippen LogP contribution in [-0.4, -0.2) is 16.7 Å². The predicted octanol–water partition coefficient (Wildman–Crippen LogP) is 4.49. The van der Waals surface area contributed by atoms with Crippen LogP contribution in [0.4, 0.5) is 5.13 Å². The van der Waals surface area contributed by atoms with E-state index < -0.39 is 0 Å². The molecule has 0 atom stereocenters. The Kier molecular flexibility index (Phi) is 5.09. The number of carbonyl (C=O) groups excluding carboxylic acids is 2. The van der Waals surface area contributed by atoms with Crippen molar-refractivity contribution in [3.05, 3.63) is 58.9 Å². The van der Waals surface area contributed by atoms with E-state index in [9.17, 15) is 9.59 Å². The summed E-state index contributed by atoms with van der Waals surface area (Å²) in [6, 6.07) is 11.5. The zero-order chi connectivity index (χ0) is 17.8. The second-order valence-electron chi connectivity index (χ2n) is 5.69. The number of nitrogens with zero attached hydrogens (tertiary/aromatic N) is 1. The summed E-state index contributed by atoms with van der Waals surface area (Å²) < 4.78 is 5.52. The molecule has 0 unspecified atom stereocenters. The van der Waals surface area contributed by atoms with Gasteiger partial charge in [-0.25, -0.2) is 4.98 Å². The lowest BCUT2D eigenvalue weighted by molar-refractivity contribution is -0.116. The summed E-state index contributed by atoms with van der Waals surface area (Å²) in [5, 5.41) is 5.30. The van der Waals surface area contributed by atoms with Crippen LogP contribution in [0, 0.1) is 6.92 Å². The number of amides is 1. The number of aryl methyl sites for hydroxylation is 2. The van der Waals surface area contributed by atoms with E-state index in [0.29, 0.717) is 28.6 Å². The SMILES string of the molecule is CC(=O)c1cc(CCC(=O)Nc2nc(-c3ccccc3)cs2)oc1C. The number of aromatic nitrogens is 1. The van der Waals surface area contributed by atoms with Crippen molar-refractivity contribution in [1.82, 2.24) is 4.98 Å². The van der Waals surface area contributed by atoms with Gasteiger partial charge in [0.2, 0.25) is 5.91 Å². The van der Waals surface area contributed by atoms with E-state index >= 15 is 0 Å². The van der Waals surface area contributed by atoms with Crippen molar-refractivity contribution in [2.24, 2.45) is 0 Å². The summed E-state index contributed by atoms with van der Waals surface area (Å²) in [7, 11) is 0. The van der Waals surface area contributed by atoms with E-state index in [-0.39, 0.29) is 18.1 Å². The summed E-state index contributed by atoms with van der Waals surface area (Å²) in [6.45, 7) is 3.25. The third-order valence-electron chi connectivity index (χ3n) is 3.77. The number of furan rings is 1. The molecule has 5 nitrogen and oxygen atoms in total. The third-order valence-corrected chi connectivity index (χ3v) is 4.52.